The summed E-state index contributed by atoms with van der Waals surface area (Å²) in [5, 5.41) is 4.47. The number of nitrogens with one attached hydrogen (secondary N) is 1. The molecule has 0 bridgehead atoms. The molecule has 1 fully saturated rings. The molecule has 0 aromatic heterocycles. The molecule has 0 unspecified atom stereocenters. The van der Waals surface area contributed by atoms with Crippen molar-refractivity contribution in [2.24, 2.45) is 11.3 Å². The molecule has 2 heteroatoms. The zero-order valence-electron chi connectivity index (χ0n) is 12.6. The third-order valence-corrected chi connectivity index (χ3v) is 4.36. The highest BCUT2D eigenvalue weighted by molar-refractivity contribution is 6.30. The fourth-order valence-corrected chi connectivity index (χ4v) is 3.74. The summed E-state index contributed by atoms with van der Waals surface area (Å²) in [4.78, 5) is 0. The van der Waals surface area contributed by atoms with Crippen molar-refractivity contribution in [1.29, 1.82) is 0 Å². The van der Waals surface area contributed by atoms with E-state index in [9.17, 15) is 0 Å². The van der Waals surface area contributed by atoms with Crippen molar-refractivity contribution in [3.63, 3.8) is 0 Å². The number of halogens is 1. The van der Waals surface area contributed by atoms with E-state index in [4.69, 9.17) is 11.6 Å². The highest BCUT2D eigenvalue weighted by atomic mass is 35.5. The second kappa shape index (κ2) is 5.46. The molecule has 0 atom stereocenters. The van der Waals surface area contributed by atoms with Crippen LogP contribution >= 0.6 is 11.6 Å². The maximum atomic E-state index is 6.01. The molecule has 0 spiro atoms. The van der Waals surface area contributed by atoms with Crippen LogP contribution in [0.3, 0.4) is 0 Å². The van der Waals surface area contributed by atoms with E-state index in [0.717, 1.165) is 18.1 Å². The monoisotopic (exact) mass is 279 g/mol. The first-order chi connectivity index (χ1) is 8.83. The van der Waals surface area contributed by atoms with Crippen molar-refractivity contribution >= 4 is 11.6 Å². The Kier molecular flexibility index (Phi) is 4.27. The van der Waals surface area contributed by atoms with Crippen LogP contribution < -0.4 is 5.32 Å². The summed E-state index contributed by atoms with van der Waals surface area (Å²) >= 11 is 6.01. The van der Waals surface area contributed by atoms with Gasteiger partial charge in [-0.3, -0.25) is 0 Å². The summed E-state index contributed by atoms with van der Waals surface area (Å²) in [6, 6.07) is 8.45. The van der Waals surface area contributed by atoms with Crippen molar-refractivity contribution in [3.8, 4) is 0 Å². The number of hydrogen-bond acceptors (Lipinski definition) is 1. The smallest absolute Gasteiger partial charge is 0.0406 e. The van der Waals surface area contributed by atoms with Crippen molar-refractivity contribution in [2.45, 2.75) is 46.0 Å². The SMILES string of the molecule is CC(C)CNCC1(c2ccc(Cl)cc2)CC(C)(C)C1. The normalized spacial score (nSPS) is 20.3. The minimum absolute atomic E-state index is 0.309. The standard InChI is InChI=1S/C17H26ClN/c1-13(2)9-19-12-17(10-16(3,4)11-17)14-5-7-15(18)8-6-14/h5-8,13,19H,9-12H2,1-4H3. The molecule has 1 nitrogen and oxygen atoms in total. The molecule has 1 aliphatic carbocycles. The van der Waals surface area contributed by atoms with E-state index < -0.39 is 0 Å². The molecule has 106 valence electrons. The lowest BCUT2D eigenvalue weighted by atomic mass is 9.52. The molecule has 1 aromatic rings. The van der Waals surface area contributed by atoms with Gasteiger partial charge in [-0.2, -0.15) is 0 Å². The van der Waals surface area contributed by atoms with Crippen molar-refractivity contribution in [1.82, 2.24) is 5.32 Å². The minimum Gasteiger partial charge on any atom is -0.316 e. The first-order valence-corrected chi connectivity index (χ1v) is 7.68. The van der Waals surface area contributed by atoms with E-state index in [1.807, 2.05) is 12.1 Å². The summed E-state index contributed by atoms with van der Waals surface area (Å²) in [7, 11) is 0. The van der Waals surface area contributed by atoms with Crippen molar-refractivity contribution < 1.29 is 0 Å². The van der Waals surface area contributed by atoms with Crippen LogP contribution in [0.1, 0.15) is 46.1 Å². The summed E-state index contributed by atoms with van der Waals surface area (Å²) in [6.45, 7) is 11.4. The number of hydrogen-bond donors (Lipinski definition) is 1. The van der Waals surface area contributed by atoms with Crippen LogP contribution in [-0.2, 0) is 5.41 Å². The fraction of sp³-hybridized carbons (Fsp3) is 0.647. The van der Waals surface area contributed by atoms with Crippen LogP contribution in [0.15, 0.2) is 24.3 Å². The molecule has 1 aromatic carbocycles. The third-order valence-electron chi connectivity index (χ3n) is 4.11. The molecule has 1 aliphatic rings. The predicted octanol–water partition coefficient (Wildman–Crippen LogP) is 4.64. The first kappa shape index (κ1) is 14.9. The molecule has 1 saturated carbocycles. The Morgan fingerprint density at radius 2 is 1.74 bits per heavy atom. The largest absolute Gasteiger partial charge is 0.316 e. The zero-order chi connectivity index (χ0) is 14.1. The minimum atomic E-state index is 0.309. The second-order valence-electron chi connectivity index (χ2n) is 7.33. The maximum Gasteiger partial charge on any atom is 0.0406 e. The van der Waals surface area contributed by atoms with Gasteiger partial charge in [0.15, 0.2) is 0 Å². The zero-order valence-corrected chi connectivity index (χ0v) is 13.3. The van der Waals surface area contributed by atoms with Crippen LogP contribution in [-0.4, -0.2) is 13.1 Å². The highest BCUT2D eigenvalue weighted by Crippen LogP contribution is 2.55. The van der Waals surface area contributed by atoms with E-state index in [1.54, 1.807) is 0 Å². The lowest BCUT2D eigenvalue weighted by molar-refractivity contribution is 0.0558. The topological polar surface area (TPSA) is 12.0 Å². The van der Waals surface area contributed by atoms with Gasteiger partial charge in [0.2, 0.25) is 0 Å². The Bertz CT molecular complexity index is 411. The van der Waals surface area contributed by atoms with E-state index in [1.165, 1.54) is 18.4 Å². The van der Waals surface area contributed by atoms with Crippen LogP contribution in [0, 0.1) is 11.3 Å². The van der Waals surface area contributed by atoms with Gasteiger partial charge in [0.1, 0.15) is 0 Å². The Labute approximate surface area is 122 Å². The Balaban J connectivity index is 2.10. The fourth-order valence-electron chi connectivity index (χ4n) is 3.62. The molecular weight excluding hydrogens is 254 g/mol. The van der Waals surface area contributed by atoms with Gasteiger partial charge < -0.3 is 5.32 Å². The molecule has 1 N–H and O–H groups in total. The third kappa shape index (κ3) is 3.52. The van der Waals surface area contributed by atoms with Gasteiger partial charge in [-0.05, 0) is 48.4 Å². The van der Waals surface area contributed by atoms with Gasteiger partial charge >= 0.3 is 0 Å². The summed E-state index contributed by atoms with van der Waals surface area (Å²) in [5.41, 5.74) is 2.22. The molecule has 0 heterocycles. The molecule has 0 radical (unpaired) electrons. The molecule has 0 saturated heterocycles. The average Bonchev–Trinajstić information content (AvgIpc) is 2.26. The van der Waals surface area contributed by atoms with Crippen molar-refractivity contribution in [3.05, 3.63) is 34.9 Å². The predicted molar refractivity (Wildman–Crippen MR) is 83.9 cm³/mol. The van der Waals surface area contributed by atoms with Crippen LogP contribution in [0.25, 0.3) is 0 Å². The number of rotatable bonds is 5. The Hall–Kier alpha value is -0.530. The van der Waals surface area contributed by atoms with Gasteiger partial charge in [0, 0.05) is 17.0 Å². The van der Waals surface area contributed by atoms with E-state index >= 15 is 0 Å². The van der Waals surface area contributed by atoms with Gasteiger partial charge in [-0.1, -0.05) is 51.4 Å². The van der Waals surface area contributed by atoms with Gasteiger partial charge in [0.25, 0.3) is 0 Å². The highest BCUT2D eigenvalue weighted by Gasteiger charge is 2.49. The van der Waals surface area contributed by atoms with E-state index in [-0.39, 0.29) is 0 Å². The Morgan fingerprint density at radius 1 is 1.16 bits per heavy atom. The van der Waals surface area contributed by atoms with E-state index in [2.05, 4.69) is 45.1 Å². The lowest BCUT2D eigenvalue weighted by Crippen LogP contribution is -2.52. The van der Waals surface area contributed by atoms with Crippen LogP contribution in [0.2, 0.25) is 5.02 Å². The van der Waals surface area contributed by atoms with Gasteiger partial charge in [0.05, 0.1) is 0 Å². The molecular formula is C17H26ClN. The van der Waals surface area contributed by atoms with Crippen LogP contribution in [0.4, 0.5) is 0 Å². The van der Waals surface area contributed by atoms with Crippen molar-refractivity contribution in [2.75, 3.05) is 13.1 Å². The summed E-state index contributed by atoms with van der Waals surface area (Å²) in [6.07, 6.45) is 2.51. The molecule has 19 heavy (non-hydrogen) atoms. The molecule has 0 aliphatic heterocycles. The quantitative estimate of drug-likeness (QED) is 0.828. The molecule has 2 rings (SSSR count). The second-order valence-corrected chi connectivity index (χ2v) is 7.77. The summed E-state index contributed by atoms with van der Waals surface area (Å²) < 4.78 is 0. The summed E-state index contributed by atoms with van der Waals surface area (Å²) in [5.74, 6) is 0.704. The Morgan fingerprint density at radius 3 is 2.21 bits per heavy atom. The average molecular weight is 280 g/mol. The van der Waals surface area contributed by atoms with Gasteiger partial charge in [-0.25, -0.2) is 0 Å². The van der Waals surface area contributed by atoms with E-state index in [0.29, 0.717) is 16.7 Å². The van der Waals surface area contributed by atoms with Gasteiger partial charge in [-0.15, -0.1) is 0 Å². The lowest BCUT2D eigenvalue weighted by Gasteiger charge is -2.54. The first-order valence-electron chi connectivity index (χ1n) is 7.30. The molecule has 0 amide bonds. The maximum absolute atomic E-state index is 6.01. The van der Waals surface area contributed by atoms with Crippen LogP contribution in [0.5, 0.6) is 0 Å². The number of benzene rings is 1.